The van der Waals surface area contributed by atoms with Gasteiger partial charge in [-0.05, 0) is 42.5 Å². The first-order valence-corrected chi connectivity index (χ1v) is 8.59. The van der Waals surface area contributed by atoms with Crippen molar-refractivity contribution in [2.75, 3.05) is 40.4 Å². The summed E-state index contributed by atoms with van der Waals surface area (Å²) in [6, 6.07) is 10.5. The molecule has 0 radical (unpaired) electrons. The summed E-state index contributed by atoms with van der Waals surface area (Å²) in [5.41, 5.74) is 0.862. The first kappa shape index (κ1) is 18.7. The van der Waals surface area contributed by atoms with Crippen LogP contribution in [-0.2, 0) is 0 Å². The number of ether oxygens (including phenoxy) is 2. The van der Waals surface area contributed by atoms with Gasteiger partial charge in [0.15, 0.2) is 0 Å². The number of methoxy groups -OCH3 is 2. The summed E-state index contributed by atoms with van der Waals surface area (Å²) < 4.78 is 23.5. The van der Waals surface area contributed by atoms with Gasteiger partial charge in [-0.3, -0.25) is 9.59 Å². The van der Waals surface area contributed by atoms with Gasteiger partial charge in [-0.15, -0.1) is 0 Å². The molecule has 3 rings (SSSR count). The third-order valence-corrected chi connectivity index (χ3v) is 4.58. The van der Waals surface area contributed by atoms with Crippen molar-refractivity contribution in [1.82, 2.24) is 9.80 Å². The first-order valence-electron chi connectivity index (χ1n) is 8.59. The topological polar surface area (TPSA) is 59.1 Å². The first-order chi connectivity index (χ1) is 13.0. The predicted molar refractivity (Wildman–Crippen MR) is 97.8 cm³/mol. The van der Waals surface area contributed by atoms with E-state index >= 15 is 0 Å². The van der Waals surface area contributed by atoms with Crippen LogP contribution in [0.3, 0.4) is 0 Å². The second kappa shape index (κ2) is 8.07. The van der Waals surface area contributed by atoms with Crippen LogP contribution >= 0.6 is 0 Å². The predicted octanol–water partition coefficient (Wildman–Crippen LogP) is 2.44. The van der Waals surface area contributed by atoms with Gasteiger partial charge < -0.3 is 19.3 Å². The van der Waals surface area contributed by atoms with Crippen molar-refractivity contribution in [2.45, 2.75) is 0 Å². The van der Waals surface area contributed by atoms with Gasteiger partial charge in [0.1, 0.15) is 17.3 Å². The van der Waals surface area contributed by atoms with Gasteiger partial charge in [-0.25, -0.2) is 4.39 Å². The van der Waals surface area contributed by atoms with Crippen molar-refractivity contribution in [3.8, 4) is 11.5 Å². The molecule has 1 saturated heterocycles. The number of nitrogens with zero attached hydrogens (tertiary/aromatic N) is 2. The summed E-state index contributed by atoms with van der Waals surface area (Å²) in [6.45, 7) is 1.64. The number of halogens is 1. The fourth-order valence-corrected chi connectivity index (χ4v) is 3.04. The molecule has 0 saturated carbocycles. The minimum Gasteiger partial charge on any atom is -0.497 e. The second-order valence-corrected chi connectivity index (χ2v) is 6.16. The maximum atomic E-state index is 13.0. The standard InChI is InChI=1S/C20H21FN2O4/c1-26-16-7-8-18(27-2)17(13-16)20(25)23-11-9-22(10-12-23)19(24)14-3-5-15(21)6-4-14/h3-8,13H,9-12H2,1-2H3. The smallest absolute Gasteiger partial charge is 0.257 e. The Morgan fingerprint density at radius 2 is 1.44 bits per heavy atom. The van der Waals surface area contributed by atoms with Crippen LogP contribution in [0.2, 0.25) is 0 Å². The highest BCUT2D eigenvalue weighted by Crippen LogP contribution is 2.25. The van der Waals surface area contributed by atoms with E-state index in [0.717, 1.165) is 0 Å². The number of rotatable bonds is 4. The number of benzene rings is 2. The van der Waals surface area contributed by atoms with Gasteiger partial charge in [-0.2, -0.15) is 0 Å². The minimum atomic E-state index is -0.380. The lowest BCUT2D eigenvalue weighted by atomic mass is 10.1. The molecule has 1 fully saturated rings. The molecule has 0 atom stereocenters. The van der Waals surface area contributed by atoms with E-state index in [1.165, 1.54) is 38.5 Å². The number of hydrogen-bond acceptors (Lipinski definition) is 4. The lowest BCUT2D eigenvalue weighted by Gasteiger charge is -2.35. The Hall–Kier alpha value is -3.09. The van der Waals surface area contributed by atoms with E-state index in [0.29, 0.717) is 48.8 Å². The van der Waals surface area contributed by atoms with Crippen molar-refractivity contribution < 1.29 is 23.5 Å². The third-order valence-electron chi connectivity index (χ3n) is 4.58. The fraction of sp³-hybridized carbons (Fsp3) is 0.300. The molecule has 142 valence electrons. The summed E-state index contributed by atoms with van der Waals surface area (Å²) in [5, 5.41) is 0. The highest BCUT2D eigenvalue weighted by atomic mass is 19.1. The van der Waals surface area contributed by atoms with Gasteiger partial charge in [0, 0.05) is 31.7 Å². The Kier molecular flexibility index (Phi) is 5.59. The summed E-state index contributed by atoms with van der Waals surface area (Å²) >= 11 is 0. The Morgan fingerprint density at radius 1 is 0.852 bits per heavy atom. The lowest BCUT2D eigenvalue weighted by Crippen LogP contribution is -2.50. The molecule has 0 bridgehead atoms. The zero-order valence-electron chi connectivity index (χ0n) is 15.3. The number of carbonyl (C=O) groups excluding carboxylic acids is 2. The molecule has 6 nitrogen and oxygen atoms in total. The van der Waals surface area contributed by atoms with E-state index in [4.69, 9.17) is 9.47 Å². The number of piperazine rings is 1. The van der Waals surface area contributed by atoms with Crippen LogP contribution in [0.15, 0.2) is 42.5 Å². The molecule has 27 heavy (non-hydrogen) atoms. The maximum Gasteiger partial charge on any atom is 0.257 e. The van der Waals surface area contributed by atoms with Crippen molar-refractivity contribution in [3.63, 3.8) is 0 Å². The molecule has 0 aliphatic carbocycles. The van der Waals surface area contributed by atoms with Crippen molar-refractivity contribution >= 4 is 11.8 Å². The summed E-state index contributed by atoms with van der Waals surface area (Å²) in [5.74, 6) is 0.338. The Balaban J connectivity index is 1.67. The van der Waals surface area contributed by atoms with Gasteiger partial charge in [0.05, 0.1) is 19.8 Å². The van der Waals surface area contributed by atoms with Crippen LogP contribution in [0.4, 0.5) is 4.39 Å². The summed E-state index contributed by atoms with van der Waals surface area (Å²) in [6.07, 6.45) is 0. The highest BCUT2D eigenvalue weighted by molar-refractivity contribution is 5.98. The third kappa shape index (κ3) is 4.02. The molecule has 0 unspecified atom stereocenters. The van der Waals surface area contributed by atoms with Crippen LogP contribution in [0.25, 0.3) is 0 Å². The number of carbonyl (C=O) groups is 2. The molecule has 2 aromatic rings. The van der Waals surface area contributed by atoms with Crippen LogP contribution < -0.4 is 9.47 Å². The summed E-state index contributed by atoms with van der Waals surface area (Å²) in [4.78, 5) is 28.7. The minimum absolute atomic E-state index is 0.166. The van der Waals surface area contributed by atoms with Crippen molar-refractivity contribution in [2.24, 2.45) is 0 Å². The molecule has 0 N–H and O–H groups in total. The van der Waals surface area contributed by atoms with E-state index in [-0.39, 0.29) is 17.6 Å². The Labute approximate surface area is 157 Å². The zero-order chi connectivity index (χ0) is 19.4. The second-order valence-electron chi connectivity index (χ2n) is 6.16. The van der Waals surface area contributed by atoms with Crippen molar-refractivity contribution in [3.05, 3.63) is 59.4 Å². The van der Waals surface area contributed by atoms with Crippen LogP contribution in [0.1, 0.15) is 20.7 Å². The zero-order valence-corrected chi connectivity index (χ0v) is 15.3. The maximum absolute atomic E-state index is 13.0. The van der Waals surface area contributed by atoms with E-state index < -0.39 is 0 Å². The van der Waals surface area contributed by atoms with Gasteiger partial charge in [-0.1, -0.05) is 0 Å². The van der Waals surface area contributed by atoms with Crippen LogP contribution in [-0.4, -0.2) is 62.0 Å². The van der Waals surface area contributed by atoms with Gasteiger partial charge in [0.25, 0.3) is 11.8 Å². The number of amides is 2. The lowest BCUT2D eigenvalue weighted by molar-refractivity contribution is 0.0533. The van der Waals surface area contributed by atoms with Crippen LogP contribution in [0.5, 0.6) is 11.5 Å². The molecular weight excluding hydrogens is 351 g/mol. The molecule has 1 heterocycles. The number of hydrogen-bond donors (Lipinski definition) is 0. The fourth-order valence-electron chi connectivity index (χ4n) is 3.04. The average Bonchev–Trinajstić information content (AvgIpc) is 2.73. The molecule has 1 aliphatic heterocycles. The molecule has 0 spiro atoms. The molecule has 2 amide bonds. The normalized spacial score (nSPS) is 14.0. The van der Waals surface area contributed by atoms with E-state index in [9.17, 15) is 14.0 Å². The van der Waals surface area contributed by atoms with Crippen molar-refractivity contribution in [1.29, 1.82) is 0 Å². The molecular formula is C20H21FN2O4. The van der Waals surface area contributed by atoms with E-state index in [2.05, 4.69) is 0 Å². The largest absolute Gasteiger partial charge is 0.497 e. The summed E-state index contributed by atoms with van der Waals surface area (Å²) in [7, 11) is 3.05. The quantitative estimate of drug-likeness (QED) is 0.827. The van der Waals surface area contributed by atoms with E-state index in [1.807, 2.05) is 0 Å². The van der Waals surface area contributed by atoms with Gasteiger partial charge in [0.2, 0.25) is 0 Å². The van der Waals surface area contributed by atoms with Gasteiger partial charge >= 0.3 is 0 Å². The Morgan fingerprint density at radius 3 is 2.00 bits per heavy atom. The van der Waals surface area contributed by atoms with Crippen LogP contribution in [0, 0.1) is 5.82 Å². The molecule has 7 heteroatoms. The average molecular weight is 372 g/mol. The monoisotopic (exact) mass is 372 g/mol. The molecule has 2 aromatic carbocycles. The highest BCUT2D eigenvalue weighted by Gasteiger charge is 2.27. The SMILES string of the molecule is COc1ccc(OC)c(C(=O)N2CCN(C(=O)c3ccc(F)cc3)CC2)c1. The molecule has 0 aromatic heterocycles. The Bertz CT molecular complexity index is 830. The molecule has 1 aliphatic rings. The van der Waals surface area contributed by atoms with E-state index in [1.54, 1.807) is 28.0 Å².